The summed E-state index contributed by atoms with van der Waals surface area (Å²) in [5, 5.41) is 31.3. The van der Waals surface area contributed by atoms with Gasteiger partial charge in [-0.15, -0.1) is 0 Å². The average Bonchev–Trinajstić information content (AvgIpc) is 2.45. The summed E-state index contributed by atoms with van der Waals surface area (Å²) in [4.78, 5) is 24.8. The van der Waals surface area contributed by atoms with E-state index in [9.17, 15) is 14.9 Å². The summed E-state index contributed by atoms with van der Waals surface area (Å²) in [6, 6.07) is 3.08. The molecule has 9 nitrogen and oxygen atoms in total. The highest BCUT2D eigenvalue weighted by atomic mass is 16.6. The number of carboxylic acids is 1. The zero-order valence-corrected chi connectivity index (χ0v) is 11.3. The third-order valence-corrected chi connectivity index (χ3v) is 2.64. The molecule has 1 unspecified atom stereocenters. The second-order valence-corrected chi connectivity index (χ2v) is 4.10. The van der Waals surface area contributed by atoms with Crippen molar-refractivity contribution in [1.82, 2.24) is 4.98 Å². The van der Waals surface area contributed by atoms with Gasteiger partial charge < -0.3 is 15.2 Å². The molecule has 2 N–H and O–H groups in total. The van der Waals surface area contributed by atoms with E-state index < -0.39 is 22.6 Å². The molecule has 0 radical (unpaired) electrons. The quantitative estimate of drug-likeness (QED) is 0.413. The molecule has 1 atom stereocenters. The van der Waals surface area contributed by atoms with Crippen LogP contribution in [0.1, 0.15) is 18.5 Å². The van der Waals surface area contributed by atoms with E-state index in [-0.39, 0.29) is 11.5 Å². The maximum absolute atomic E-state index is 11.1. The average molecular weight is 294 g/mol. The molecule has 0 aromatic carbocycles. The van der Waals surface area contributed by atoms with Gasteiger partial charge in [-0.1, -0.05) is 0 Å². The van der Waals surface area contributed by atoms with E-state index in [0.717, 1.165) is 6.07 Å². The Labute approximate surface area is 120 Å². The van der Waals surface area contributed by atoms with Crippen molar-refractivity contribution in [3.63, 3.8) is 0 Å². The number of aromatic nitrogens is 1. The van der Waals surface area contributed by atoms with Gasteiger partial charge in [0.2, 0.25) is 5.69 Å². The molecular formula is C12H14N4O5. The van der Waals surface area contributed by atoms with Crippen LogP contribution in [-0.4, -0.2) is 40.7 Å². The molecule has 1 aromatic heterocycles. The van der Waals surface area contributed by atoms with E-state index in [2.05, 4.69) is 10.3 Å². The number of hydrogen-bond donors (Lipinski definition) is 2. The Bertz CT molecular complexity index is 569. The topological polar surface area (TPSA) is 138 Å². The molecule has 1 aromatic rings. The standard InChI is InChI=1S/C12H14N4O5/c1-21-6-2-3-8(12(17)18)14-11-5-4-10(16(19)20)9(7-13)15-11/h4-5,8H,2-3,6H2,1H3,(H,14,15)(H,17,18). The minimum absolute atomic E-state index is 0.0990. The molecule has 112 valence electrons. The fraction of sp³-hybridized carbons (Fsp3) is 0.417. The Morgan fingerprint density at radius 3 is 2.90 bits per heavy atom. The van der Waals surface area contributed by atoms with Crippen LogP contribution in [0.5, 0.6) is 0 Å². The minimum atomic E-state index is -1.08. The third kappa shape index (κ3) is 4.70. The zero-order valence-electron chi connectivity index (χ0n) is 11.3. The van der Waals surface area contributed by atoms with Crippen LogP contribution in [0.3, 0.4) is 0 Å². The number of rotatable bonds is 8. The van der Waals surface area contributed by atoms with Crippen molar-refractivity contribution in [3.8, 4) is 6.07 Å². The van der Waals surface area contributed by atoms with Gasteiger partial charge in [-0.2, -0.15) is 5.26 Å². The third-order valence-electron chi connectivity index (χ3n) is 2.64. The number of methoxy groups -OCH3 is 1. The molecular weight excluding hydrogens is 280 g/mol. The van der Waals surface area contributed by atoms with Gasteiger partial charge in [-0.25, -0.2) is 9.78 Å². The van der Waals surface area contributed by atoms with E-state index in [1.54, 1.807) is 6.07 Å². The monoisotopic (exact) mass is 294 g/mol. The van der Waals surface area contributed by atoms with Crippen molar-refractivity contribution in [1.29, 1.82) is 5.26 Å². The molecule has 0 aliphatic heterocycles. The number of nitrogens with zero attached hydrogens (tertiary/aromatic N) is 3. The lowest BCUT2D eigenvalue weighted by molar-refractivity contribution is -0.385. The predicted octanol–water partition coefficient (Wildman–Crippen LogP) is 1.15. The molecule has 21 heavy (non-hydrogen) atoms. The maximum atomic E-state index is 11.1. The second-order valence-electron chi connectivity index (χ2n) is 4.10. The lowest BCUT2D eigenvalue weighted by Gasteiger charge is -2.14. The number of carboxylic acid groups (broad SMARTS) is 1. The Kier molecular flexibility index (Phi) is 6.03. The summed E-state index contributed by atoms with van der Waals surface area (Å²) in [7, 11) is 1.51. The number of ether oxygens (including phenoxy) is 1. The first-order valence-electron chi connectivity index (χ1n) is 6.03. The zero-order chi connectivity index (χ0) is 15.8. The molecule has 1 rings (SSSR count). The van der Waals surface area contributed by atoms with Crippen LogP contribution in [0.2, 0.25) is 0 Å². The number of nitro groups is 1. The molecule has 0 saturated heterocycles. The van der Waals surface area contributed by atoms with Crippen molar-refractivity contribution >= 4 is 17.5 Å². The summed E-state index contributed by atoms with van der Waals surface area (Å²) in [6.07, 6.45) is 0.822. The fourth-order valence-corrected chi connectivity index (χ4v) is 1.63. The number of nitrogens with one attached hydrogen (secondary N) is 1. The van der Waals surface area contributed by atoms with Crippen LogP contribution < -0.4 is 5.32 Å². The van der Waals surface area contributed by atoms with Crippen molar-refractivity contribution in [3.05, 3.63) is 27.9 Å². The van der Waals surface area contributed by atoms with Gasteiger partial charge in [-0.3, -0.25) is 10.1 Å². The number of pyridine rings is 1. The lowest BCUT2D eigenvalue weighted by atomic mass is 10.1. The predicted molar refractivity (Wildman–Crippen MR) is 71.8 cm³/mol. The van der Waals surface area contributed by atoms with E-state index in [0.29, 0.717) is 19.4 Å². The van der Waals surface area contributed by atoms with Crippen molar-refractivity contribution < 1.29 is 19.6 Å². The normalized spacial score (nSPS) is 11.4. The smallest absolute Gasteiger partial charge is 0.326 e. The van der Waals surface area contributed by atoms with Gasteiger partial charge >= 0.3 is 11.7 Å². The minimum Gasteiger partial charge on any atom is -0.480 e. The molecule has 0 bridgehead atoms. The van der Waals surface area contributed by atoms with Gasteiger partial charge in [0.25, 0.3) is 0 Å². The highest BCUT2D eigenvalue weighted by molar-refractivity contribution is 5.76. The largest absolute Gasteiger partial charge is 0.480 e. The molecule has 1 heterocycles. The lowest BCUT2D eigenvalue weighted by Crippen LogP contribution is -2.30. The SMILES string of the molecule is COCCCC(Nc1ccc([N+](=O)[O-])c(C#N)n1)C(=O)O. The summed E-state index contributed by atoms with van der Waals surface area (Å²) >= 11 is 0. The fourth-order valence-electron chi connectivity index (χ4n) is 1.63. The second kappa shape index (κ2) is 7.76. The number of anilines is 1. The van der Waals surface area contributed by atoms with Gasteiger partial charge in [0.1, 0.15) is 17.9 Å². The first-order chi connectivity index (χ1) is 9.99. The summed E-state index contributed by atoms with van der Waals surface area (Å²) in [6.45, 7) is 0.419. The highest BCUT2D eigenvalue weighted by Crippen LogP contribution is 2.19. The van der Waals surface area contributed by atoms with Crippen LogP contribution in [0.4, 0.5) is 11.5 Å². The van der Waals surface area contributed by atoms with Gasteiger partial charge in [-0.05, 0) is 18.9 Å². The number of nitriles is 1. The van der Waals surface area contributed by atoms with Crippen molar-refractivity contribution in [2.75, 3.05) is 19.0 Å². The Hall–Kier alpha value is -2.73. The van der Waals surface area contributed by atoms with Crippen LogP contribution >= 0.6 is 0 Å². The Morgan fingerprint density at radius 2 is 2.38 bits per heavy atom. The van der Waals surface area contributed by atoms with Gasteiger partial charge in [0.15, 0.2) is 0 Å². The Balaban J connectivity index is 2.87. The molecule has 0 aliphatic rings. The number of aliphatic carboxylic acids is 1. The number of carbonyl (C=O) groups is 1. The van der Waals surface area contributed by atoms with E-state index in [1.807, 2.05) is 0 Å². The molecule has 0 saturated carbocycles. The molecule has 0 fully saturated rings. The highest BCUT2D eigenvalue weighted by Gasteiger charge is 2.20. The number of hydrogen-bond acceptors (Lipinski definition) is 7. The summed E-state index contributed by atoms with van der Waals surface area (Å²) in [5.74, 6) is -0.980. The molecule has 9 heteroatoms. The van der Waals surface area contributed by atoms with E-state index >= 15 is 0 Å². The maximum Gasteiger partial charge on any atom is 0.326 e. The van der Waals surface area contributed by atoms with Crippen molar-refractivity contribution in [2.24, 2.45) is 0 Å². The summed E-state index contributed by atoms with van der Waals surface area (Å²) < 4.78 is 4.85. The van der Waals surface area contributed by atoms with Crippen LogP contribution in [0.25, 0.3) is 0 Å². The Morgan fingerprint density at radius 1 is 1.67 bits per heavy atom. The van der Waals surface area contributed by atoms with Crippen LogP contribution in [0, 0.1) is 21.4 Å². The molecule has 0 spiro atoms. The molecule has 0 amide bonds. The first kappa shape index (κ1) is 16.3. The van der Waals surface area contributed by atoms with E-state index in [4.69, 9.17) is 15.1 Å². The first-order valence-corrected chi connectivity index (χ1v) is 6.03. The molecule has 0 aliphatic carbocycles. The van der Waals surface area contributed by atoms with Crippen LogP contribution in [-0.2, 0) is 9.53 Å². The van der Waals surface area contributed by atoms with E-state index in [1.165, 1.54) is 13.2 Å². The van der Waals surface area contributed by atoms with Gasteiger partial charge in [0, 0.05) is 19.8 Å². The summed E-state index contributed by atoms with van der Waals surface area (Å²) in [5.41, 5.74) is -0.791. The van der Waals surface area contributed by atoms with Crippen LogP contribution in [0.15, 0.2) is 12.1 Å². The van der Waals surface area contributed by atoms with Crippen molar-refractivity contribution in [2.45, 2.75) is 18.9 Å². The van der Waals surface area contributed by atoms with Gasteiger partial charge in [0.05, 0.1) is 4.92 Å².